The summed E-state index contributed by atoms with van der Waals surface area (Å²) in [7, 11) is 0. The Labute approximate surface area is 147 Å². The van der Waals surface area contributed by atoms with Crippen molar-refractivity contribution in [1.82, 2.24) is 4.98 Å². The SMILES string of the molecule is O=c1[nH]ccc2cc(F)c(NSc3ccc(C4CCCC4)s3)cc12. The summed E-state index contributed by atoms with van der Waals surface area (Å²) in [6.07, 6.45) is 6.72. The van der Waals surface area contributed by atoms with Crippen LogP contribution in [0.1, 0.15) is 36.5 Å². The van der Waals surface area contributed by atoms with E-state index >= 15 is 0 Å². The van der Waals surface area contributed by atoms with Gasteiger partial charge in [0.15, 0.2) is 0 Å². The van der Waals surface area contributed by atoms with Gasteiger partial charge in [-0.15, -0.1) is 11.3 Å². The summed E-state index contributed by atoms with van der Waals surface area (Å²) >= 11 is 3.17. The number of rotatable bonds is 4. The number of fused-ring (bicyclic) bond motifs is 1. The molecule has 2 N–H and O–H groups in total. The summed E-state index contributed by atoms with van der Waals surface area (Å²) in [4.78, 5) is 15.9. The van der Waals surface area contributed by atoms with Crippen molar-refractivity contribution in [1.29, 1.82) is 0 Å². The maximum Gasteiger partial charge on any atom is 0.255 e. The summed E-state index contributed by atoms with van der Waals surface area (Å²) in [5.41, 5.74) is 0.125. The highest BCUT2D eigenvalue weighted by atomic mass is 32.2. The first-order valence-electron chi connectivity index (χ1n) is 8.04. The molecule has 0 spiro atoms. The number of benzene rings is 1. The lowest BCUT2D eigenvalue weighted by Crippen LogP contribution is -2.05. The molecule has 3 nitrogen and oxygen atoms in total. The van der Waals surface area contributed by atoms with Gasteiger partial charge < -0.3 is 9.71 Å². The van der Waals surface area contributed by atoms with E-state index in [1.54, 1.807) is 23.5 Å². The highest BCUT2D eigenvalue weighted by Crippen LogP contribution is 2.40. The van der Waals surface area contributed by atoms with Crippen LogP contribution in [-0.2, 0) is 0 Å². The molecule has 1 saturated carbocycles. The van der Waals surface area contributed by atoms with E-state index < -0.39 is 0 Å². The van der Waals surface area contributed by atoms with Gasteiger partial charge in [0.05, 0.1) is 9.90 Å². The third-order valence-electron chi connectivity index (χ3n) is 4.48. The van der Waals surface area contributed by atoms with Crippen molar-refractivity contribution in [3.05, 3.63) is 57.6 Å². The van der Waals surface area contributed by atoms with Crippen LogP contribution in [0.15, 0.2) is 45.5 Å². The third kappa shape index (κ3) is 3.08. The van der Waals surface area contributed by atoms with E-state index in [-0.39, 0.29) is 11.4 Å². The molecule has 1 aliphatic rings. The largest absolute Gasteiger partial charge is 0.329 e. The molecule has 2 heterocycles. The van der Waals surface area contributed by atoms with Crippen LogP contribution in [0.25, 0.3) is 10.8 Å². The molecule has 3 aromatic rings. The van der Waals surface area contributed by atoms with Gasteiger partial charge in [0.1, 0.15) is 5.82 Å². The number of anilines is 1. The summed E-state index contributed by atoms with van der Waals surface area (Å²) < 4.78 is 18.4. The van der Waals surface area contributed by atoms with E-state index in [1.807, 2.05) is 0 Å². The molecular weight excluding hydrogens is 343 g/mol. The molecule has 1 aliphatic carbocycles. The second kappa shape index (κ2) is 6.61. The number of halogens is 1. The van der Waals surface area contributed by atoms with Crippen LogP contribution >= 0.6 is 23.3 Å². The molecule has 0 unspecified atom stereocenters. The van der Waals surface area contributed by atoms with Gasteiger partial charge in [0.25, 0.3) is 5.56 Å². The van der Waals surface area contributed by atoms with E-state index in [0.29, 0.717) is 22.4 Å². The first-order valence-corrected chi connectivity index (χ1v) is 9.67. The van der Waals surface area contributed by atoms with Gasteiger partial charge in [-0.25, -0.2) is 4.39 Å². The van der Waals surface area contributed by atoms with E-state index in [9.17, 15) is 9.18 Å². The molecular formula is C18H17FN2OS2. The Hall–Kier alpha value is -1.79. The maximum absolute atomic E-state index is 14.2. The Balaban J connectivity index is 1.53. The van der Waals surface area contributed by atoms with Crippen molar-refractivity contribution in [3.63, 3.8) is 0 Å². The summed E-state index contributed by atoms with van der Waals surface area (Å²) in [5.74, 6) is 0.341. The van der Waals surface area contributed by atoms with Gasteiger partial charge in [-0.05, 0) is 66.4 Å². The van der Waals surface area contributed by atoms with Crippen LogP contribution < -0.4 is 10.3 Å². The Kier molecular flexibility index (Phi) is 4.33. The topological polar surface area (TPSA) is 44.9 Å². The van der Waals surface area contributed by atoms with Gasteiger partial charge in [-0.3, -0.25) is 4.79 Å². The monoisotopic (exact) mass is 360 g/mol. The van der Waals surface area contributed by atoms with Gasteiger partial charge in [-0.1, -0.05) is 12.8 Å². The fourth-order valence-corrected chi connectivity index (χ4v) is 5.20. The lowest BCUT2D eigenvalue weighted by molar-refractivity contribution is 0.634. The molecule has 124 valence electrons. The van der Waals surface area contributed by atoms with Gasteiger partial charge in [-0.2, -0.15) is 0 Å². The minimum atomic E-state index is -0.354. The quantitative estimate of drug-likeness (QED) is 0.603. The van der Waals surface area contributed by atoms with Crippen molar-refractivity contribution in [2.75, 3.05) is 4.72 Å². The second-order valence-electron chi connectivity index (χ2n) is 6.07. The molecule has 1 aromatic carbocycles. The van der Waals surface area contributed by atoms with Crippen molar-refractivity contribution in [3.8, 4) is 0 Å². The first kappa shape index (κ1) is 15.7. The summed E-state index contributed by atoms with van der Waals surface area (Å²) in [6, 6.07) is 8.94. The molecule has 0 atom stereocenters. The molecule has 2 aromatic heterocycles. The molecule has 4 rings (SSSR count). The standard InChI is InChI=1S/C18H17FN2OS2/c19-14-9-12-7-8-20-18(22)13(12)10-15(14)21-24-17-6-5-16(23-17)11-3-1-2-4-11/h5-11,21H,1-4H2,(H,20,22). The minimum Gasteiger partial charge on any atom is -0.329 e. The highest BCUT2D eigenvalue weighted by Gasteiger charge is 2.19. The van der Waals surface area contributed by atoms with Gasteiger partial charge >= 0.3 is 0 Å². The molecule has 0 aliphatic heterocycles. The zero-order valence-electron chi connectivity index (χ0n) is 13.0. The van der Waals surface area contributed by atoms with Gasteiger partial charge in [0.2, 0.25) is 0 Å². The number of aromatic nitrogens is 1. The molecule has 0 amide bonds. The Morgan fingerprint density at radius 1 is 1.21 bits per heavy atom. The van der Waals surface area contributed by atoms with Crippen LogP contribution in [0, 0.1) is 5.82 Å². The molecule has 0 bridgehead atoms. The summed E-state index contributed by atoms with van der Waals surface area (Å²) in [6.45, 7) is 0. The van der Waals surface area contributed by atoms with Crippen LogP contribution in [0.3, 0.4) is 0 Å². The normalized spacial score (nSPS) is 15.2. The van der Waals surface area contributed by atoms with E-state index in [1.165, 1.54) is 54.8 Å². The molecule has 0 radical (unpaired) electrons. The molecule has 24 heavy (non-hydrogen) atoms. The predicted octanol–water partition coefficient (Wildman–Crippen LogP) is 5.51. The van der Waals surface area contributed by atoms with Crippen LogP contribution in [0.2, 0.25) is 0 Å². The number of thiophene rings is 1. The molecule has 6 heteroatoms. The number of aromatic amines is 1. The average molecular weight is 360 g/mol. The van der Waals surface area contributed by atoms with E-state index in [4.69, 9.17) is 0 Å². The fraction of sp³-hybridized carbons (Fsp3) is 0.278. The van der Waals surface area contributed by atoms with E-state index in [2.05, 4.69) is 21.8 Å². The first-order chi connectivity index (χ1) is 11.7. The lowest BCUT2D eigenvalue weighted by atomic mass is 10.1. The average Bonchev–Trinajstić information content (AvgIpc) is 3.25. The predicted molar refractivity (Wildman–Crippen MR) is 99.5 cm³/mol. The van der Waals surface area contributed by atoms with Crippen LogP contribution in [0.5, 0.6) is 0 Å². The number of hydrogen-bond acceptors (Lipinski definition) is 4. The third-order valence-corrected chi connectivity index (χ3v) is 6.68. The molecule has 1 fully saturated rings. The zero-order valence-corrected chi connectivity index (χ0v) is 14.6. The fourth-order valence-electron chi connectivity index (χ4n) is 3.21. The number of pyridine rings is 1. The van der Waals surface area contributed by atoms with Crippen molar-refractivity contribution in [2.24, 2.45) is 0 Å². The Morgan fingerprint density at radius 2 is 2.04 bits per heavy atom. The lowest BCUT2D eigenvalue weighted by Gasteiger charge is -2.07. The van der Waals surface area contributed by atoms with E-state index in [0.717, 1.165) is 4.21 Å². The van der Waals surface area contributed by atoms with Crippen molar-refractivity contribution >= 4 is 39.7 Å². The number of hydrogen-bond donors (Lipinski definition) is 2. The zero-order chi connectivity index (χ0) is 16.5. The molecule has 0 saturated heterocycles. The maximum atomic E-state index is 14.2. The van der Waals surface area contributed by atoms with Crippen LogP contribution in [0.4, 0.5) is 10.1 Å². The van der Waals surface area contributed by atoms with Crippen molar-refractivity contribution in [2.45, 2.75) is 35.8 Å². The summed E-state index contributed by atoms with van der Waals surface area (Å²) in [5, 5.41) is 1.09. The highest BCUT2D eigenvalue weighted by molar-refractivity contribution is 8.02. The van der Waals surface area contributed by atoms with Crippen LogP contribution in [-0.4, -0.2) is 4.98 Å². The smallest absolute Gasteiger partial charge is 0.255 e. The number of nitrogens with one attached hydrogen (secondary N) is 2. The van der Waals surface area contributed by atoms with Gasteiger partial charge in [0, 0.05) is 16.5 Å². The number of H-pyrrole nitrogens is 1. The minimum absolute atomic E-state index is 0.208. The second-order valence-corrected chi connectivity index (χ2v) is 8.29. The Morgan fingerprint density at radius 3 is 2.88 bits per heavy atom. The Bertz CT molecular complexity index is 928. The van der Waals surface area contributed by atoms with Crippen molar-refractivity contribution < 1.29 is 4.39 Å².